The summed E-state index contributed by atoms with van der Waals surface area (Å²) in [5.41, 5.74) is 3.03. The van der Waals surface area contributed by atoms with Crippen LogP contribution < -0.4 is 19.7 Å². The van der Waals surface area contributed by atoms with Crippen LogP contribution in [-0.2, 0) is 9.59 Å². The van der Waals surface area contributed by atoms with Gasteiger partial charge in [0.25, 0.3) is 11.8 Å². The van der Waals surface area contributed by atoms with Crippen molar-refractivity contribution < 1.29 is 23.9 Å². The van der Waals surface area contributed by atoms with E-state index < -0.39 is 17.8 Å². The van der Waals surface area contributed by atoms with Crippen LogP contribution in [0.15, 0.2) is 77.5 Å². The lowest BCUT2D eigenvalue weighted by atomic mass is 10.1. The van der Waals surface area contributed by atoms with Gasteiger partial charge in [0.05, 0.1) is 18.4 Å². The summed E-state index contributed by atoms with van der Waals surface area (Å²) in [7, 11) is 1.53. The number of halogens is 1. The zero-order valence-electron chi connectivity index (χ0n) is 18.7. The Morgan fingerprint density at radius 1 is 0.912 bits per heavy atom. The number of nitrogens with zero attached hydrogens (tertiary/aromatic N) is 1. The van der Waals surface area contributed by atoms with E-state index in [2.05, 4.69) is 5.32 Å². The lowest BCUT2D eigenvalue weighted by Gasteiger charge is -2.18. The number of aryl methyl sites for hydroxylation is 2. The topological polar surface area (TPSA) is 84.9 Å². The highest BCUT2D eigenvalue weighted by Gasteiger charge is 2.39. The number of hydrogen-bond acceptors (Lipinski definition) is 6. The van der Waals surface area contributed by atoms with E-state index in [0.29, 0.717) is 28.4 Å². The molecule has 0 saturated carbocycles. The maximum Gasteiger partial charge on any atom is 0.343 e. The molecule has 0 spiro atoms. The number of imide groups is 1. The predicted octanol–water partition coefficient (Wildman–Crippen LogP) is 4.97. The quantitative estimate of drug-likeness (QED) is 0.307. The molecule has 3 aromatic rings. The molecule has 34 heavy (non-hydrogen) atoms. The first kappa shape index (κ1) is 23.1. The van der Waals surface area contributed by atoms with Crippen LogP contribution in [-0.4, -0.2) is 24.9 Å². The molecule has 0 saturated heterocycles. The molecule has 1 heterocycles. The number of benzene rings is 3. The number of carbonyl (C=O) groups is 3. The smallest absolute Gasteiger partial charge is 0.343 e. The van der Waals surface area contributed by atoms with Crippen molar-refractivity contribution >= 4 is 40.8 Å². The van der Waals surface area contributed by atoms with E-state index in [1.54, 1.807) is 54.6 Å². The number of nitrogens with one attached hydrogen (secondary N) is 1. The van der Waals surface area contributed by atoms with Crippen molar-refractivity contribution in [2.75, 3.05) is 17.3 Å². The number of rotatable bonds is 6. The van der Waals surface area contributed by atoms with Gasteiger partial charge in [-0.25, -0.2) is 9.69 Å². The van der Waals surface area contributed by atoms with Gasteiger partial charge in [-0.15, -0.1) is 0 Å². The Morgan fingerprint density at radius 2 is 1.62 bits per heavy atom. The molecule has 0 fully saturated rings. The highest BCUT2D eigenvalue weighted by Crippen LogP contribution is 2.32. The maximum atomic E-state index is 13.0. The summed E-state index contributed by atoms with van der Waals surface area (Å²) in [6, 6.07) is 18.4. The molecule has 1 aliphatic rings. The molecule has 3 aromatic carbocycles. The van der Waals surface area contributed by atoms with E-state index in [1.807, 2.05) is 26.0 Å². The van der Waals surface area contributed by atoms with Crippen LogP contribution in [0, 0.1) is 13.8 Å². The predicted molar refractivity (Wildman–Crippen MR) is 129 cm³/mol. The van der Waals surface area contributed by atoms with E-state index in [9.17, 15) is 14.4 Å². The summed E-state index contributed by atoms with van der Waals surface area (Å²) >= 11 is 6.22. The van der Waals surface area contributed by atoms with Crippen LogP contribution in [0.2, 0.25) is 0 Å². The third kappa shape index (κ3) is 4.51. The molecule has 0 bridgehead atoms. The van der Waals surface area contributed by atoms with Crippen molar-refractivity contribution in [2.24, 2.45) is 0 Å². The van der Waals surface area contributed by atoms with Crippen molar-refractivity contribution in [1.82, 2.24) is 0 Å². The van der Waals surface area contributed by atoms with Gasteiger partial charge < -0.3 is 14.8 Å². The van der Waals surface area contributed by atoms with Crippen molar-refractivity contribution in [3.8, 4) is 11.5 Å². The lowest BCUT2D eigenvalue weighted by molar-refractivity contribution is -0.120. The molecular weight excluding hydrogens is 456 g/mol. The van der Waals surface area contributed by atoms with Crippen LogP contribution in [0.3, 0.4) is 0 Å². The van der Waals surface area contributed by atoms with Crippen LogP contribution in [0.5, 0.6) is 11.5 Å². The molecule has 1 N–H and O–H groups in total. The number of ether oxygens (including phenoxy) is 2. The number of anilines is 2. The number of esters is 1. The first-order valence-electron chi connectivity index (χ1n) is 10.4. The zero-order chi connectivity index (χ0) is 24.4. The second-order valence-electron chi connectivity index (χ2n) is 7.70. The monoisotopic (exact) mass is 476 g/mol. The Labute approximate surface area is 201 Å². The van der Waals surface area contributed by atoms with E-state index in [0.717, 1.165) is 16.0 Å². The summed E-state index contributed by atoms with van der Waals surface area (Å²) in [6.07, 6.45) is 0. The Hall–Kier alpha value is -4.10. The Balaban J connectivity index is 1.49. The molecular formula is C26H21ClN2O5. The highest BCUT2D eigenvalue weighted by atomic mass is 35.5. The van der Waals surface area contributed by atoms with Gasteiger partial charge in [-0.2, -0.15) is 0 Å². The molecule has 0 aromatic heterocycles. The standard InChI is InChI=1S/C26H21ClN2O5/c1-15-7-12-21(16(2)13-15)29-24(30)22(27)23(25(29)31)28-18-10-8-17(9-11-18)26(32)34-20-6-4-5-19(14-20)33-3/h4-14,28H,1-3H3. The van der Waals surface area contributed by atoms with E-state index in [1.165, 1.54) is 7.11 Å². The minimum atomic E-state index is -0.598. The van der Waals surface area contributed by atoms with Crippen molar-refractivity contribution in [3.63, 3.8) is 0 Å². The van der Waals surface area contributed by atoms with Gasteiger partial charge in [0.15, 0.2) is 0 Å². The fourth-order valence-electron chi connectivity index (χ4n) is 3.55. The third-order valence-corrected chi connectivity index (χ3v) is 5.61. The van der Waals surface area contributed by atoms with Gasteiger partial charge in [0.1, 0.15) is 22.2 Å². The van der Waals surface area contributed by atoms with Gasteiger partial charge in [0.2, 0.25) is 0 Å². The number of hydrogen-bond donors (Lipinski definition) is 1. The number of methoxy groups -OCH3 is 1. The molecule has 4 rings (SSSR count). The van der Waals surface area contributed by atoms with E-state index in [-0.39, 0.29) is 10.7 Å². The minimum Gasteiger partial charge on any atom is -0.497 e. The van der Waals surface area contributed by atoms with Gasteiger partial charge >= 0.3 is 5.97 Å². The maximum absolute atomic E-state index is 13.0. The fourth-order valence-corrected chi connectivity index (χ4v) is 3.76. The van der Waals surface area contributed by atoms with E-state index >= 15 is 0 Å². The van der Waals surface area contributed by atoms with Gasteiger partial charge in [-0.1, -0.05) is 35.4 Å². The van der Waals surface area contributed by atoms with Gasteiger partial charge in [-0.05, 0) is 61.9 Å². The molecule has 0 aliphatic carbocycles. The van der Waals surface area contributed by atoms with Crippen molar-refractivity contribution in [1.29, 1.82) is 0 Å². The Morgan fingerprint density at radius 3 is 2.29 bits per heavy atom. The molecule has 2 amide bonds. The summed E-state index contributed by atoms with van der Waals surface area (Å²) in [4.78, 5) is 39.2. The Kier molecular flexibility index (Phi) is 6.38. The minimum absolute atomic E-state index is 0.0293. The third-order valence-electron chi connectivity index (χ3n) is 5.26. The number of carbonyl (C=O) groups excluding carboxylic acids is 3. The van der Waals surface area contributed by atoms with Crippen LogP contribution >= 0.6 is 11.6 Å². The molecule has 0 unspecified atom stereocenters. The van der Waals surface area contributed by atoms with Gasteiger partial charge in [0, 0.05) is 11.8 Å². The first-order chi connectivity index (χ1) is 16.3. The second-order valence-corrected chi connectivity index (χ2v) is 8.07. The summed E-state index contributed by atoms with van der Waals surface area (Å²) in [5.74, 6) is -0.779. The molecule has 7 nitrogen and oxygen atoms in total. The molecule has 0 atom stereocenters. The van der Waals surface area contributed by atoms with Gasteiger partial charge in [-0.3, -0.25) is 9.59 Å². The average molecular weight is 477 g/mol. The van der Waals surface area contributed by atoms with Crippen molar-refractivity contribution in [3.05, 3.63) is 94.1 Å². The normalized spacial score (nSPS) is 13.4. The number of amides is 2. The van der Waals surface area contributed by atoms with Crippen LogP contribution in [0.4, 0.5) is 11.4 Å². The summed E-state index contributed by atoms with van der Waals surface area (Å²) < 4.78 is 10.5. The second kappa shape index (κ2) is 9.41. The highest BCUT2D eigenvalue weighted by molar-refractivity contribution is 6.53. The Bertz CT molecular complexity index is 1330. The summed E-state index contributed by atoms with van der Waals surface area (Å²) in [6.45, 7) is 3.75. The van der Waals surface area contributed by atoms with E-state index in [4.69, 9.17) is 21.1 Å². The average Bonchev–Trinajstić information content (AvgIpc) is 3.03. The SMILES string of the molecule is COc1cccc(OC(=O)c2ccc(NC3=C(Cl)C(=O)N(c4ccc(C)cc4C)C3=O)cc2)c1. The fraction of sp³-hybridized carbons (Fsp3) is 0.115. The lowest BCUT2D eigenvalue weighted by Crippen LogP contribution is -2.32. The largest absolute Gasteiger partial charge is 0.497 e. The van der Waals surface area contributed by atoms with Crippen LogP contribution in [0.1, 0.15) is 21.5 Å². The molecule has 0 radical (unpaired) electrons. The molecule has 8 heteroatoms. The first-order valence-corrected chi connectivity index (χ1v) is 10.8. The zero-order valence-corrected chi connectivity index (χ0v) is 19.5. The van der Waals surface area contributed by atoms with Crippen LogP contribution in [0.25, 0.3) is 0 Å². The summed E-state index contributed by atoms with van der Waals surface area (Å²) in [5, 5.41) is 2.70. The molecule has 172 valence electrons. The van der Waals surface area contributed by atoms with Crippen molar-refractivity contribution in [2.45, 2.75) is 13.8 Å². The molecule has 1 aliphatic heterocycles.